The van der Waals surface area contributed by atoms with Gasteiger partial charge < -0.3 is 9.64 Å². The number of halogens is 3. The molecule has 2 atom stereocenters. The van der Waals surface area contributed by atoms with Gasteiger partial charge in [-0.1, -0.05) is 48.5 Å². The molecule has 2 aliphatic heterocycles. The van der Waals surface area contributed by atoms with E-state index in [1.165, 1.54) is 6.07 Å². The Balaban J connectivity index is 1.15. The number of carbonyl (C=O) groups excluding carboxylic acids is 2. The third kappa shape index (κ3) is 4.46. The lowest BCUT2D eigenvalue weighted by atomic mass is 9.84. The normalized spacial score (nSPS) is 21.7. The van der Waals surface area contributed by atoms with Gasteiger partial charge in [-0.3, -0.25) is 4.79 Å². The molecule has 198 valence electrons. The number of nitriles is 1. The van der Waals surface area contributed by atoms with Crippen LogP contribution in [-0.2, 0) is 10.9 Å². The summed E-state index contributed by atoms with van der Waals surface area (Å²) in [5, 5.41) is 9.19. The first-order chi connectivity index (χ1) is 18.7. The molecule has 0 radical (unpaired) electrons. The van der Waals surface area contributed by atoms with Crippen LogP contribution in [-0.4, -0.2) is 35.5 Å². The molecule has 1 amide bonds. The van der Waals surface area contributed by atoms with E-state index >= 15 is 0 Å². The van der Waals surface area contributed by atoms with Crippen LogP contribution in [0, 0.1) is 17.2 Å². The number of alkyl halides is 3. The Labute approximate surface area is 223 Å². The van der Waals surface area contributed by atoms with E-state index in [2.05, 4.69) is 24.3 Å². The fraction of sp³-hybridized carbons (Fsp3) is 0.323. The Morgan fingerprint density at radius 3 is 2.08 bits per heavy atom. The molecule has 2 unspecified atom stereocenters. The number of hydrogen-bond donors (Lipinski definition) is 0. The molecule has 2 saturated heterocycles. The Morgan fingerprint density at radius 1 is 0.923 bits per heavy atom. The Hall–Kier alpha value is -4.12. The summed E-state index contributed by atoms with van der Waals surface area (Å²) in [7, 11) is 0. The van der Waals surface area contributed by atoms with Gasteiger partial charge in [0.25, 0.3) is 0 Å². The van der Waals surface area contributed by atoms with E-state index in [1.54, 1.807) is 11.0 Å². The molecule has 3 aromatic carbocycles. The predicted octanol–water partition coefficient (Wildman–Crippen LogP) is 6.95. The fourth-order valence-electron chi connectivity index (χ4n) is 6.59. The second-order valence-electron chi connectivity index (χ2n) is 10.5. The Bertz CT molecular complexity index is 1450. The zero-order valence-corrected chi connectivity index (χ0v) is 20.9. The summed E-state index contributed by atoms with van der Waals surface area (Å²) in [6, 6.07) is 20.3. The van der Waals surface area contributed by atoms with E-state index in [0.29, 0.717) is 25.7 Å². The number of amides is 1. The van der Waals surface area contributed by atoms with Gasteiger partial charge in [0.15, 0.2) is 5.78 Å². The van der Waals surface area contributed by atoms with Crippen molar-refractivity contribution in [2.24, 2.45) is 5.92 Å². The number of Topliss-reactive ketones (excluding diaryl/α,β-unsaturated/α-hetero) is 1. The number of rotatable bonds is 4. The summed E-state index contributed by atoms with van der Waals surface area (Å²) in [5.74, 6) is -0.995. The van der Waals surface area contributed by atoms with E-state index in [0.717, 1.165) is 34.4 Å². The molecule has 3 aliphatic rings. The molecular weight excluding hydrogens is 505 g/mol. The Kier molecular flexibility index (Phi) is 6.17. The molecular formula is C31H25F3N2O3. The van der Waals surface area contributed by atoms with Crippen molar-refractivity contribution < 1.29 is 27.5 Å². The summed E-state index contributed by atoms with van der Waals surface area (Å²) in [6.45, 7) is 0.201. The number of benzene rings is 3. The van der Waals surface area contributed by atoms with Crippen LogP contribution in [0.5, 0.6) is 0 Å². The van der Waals surface area contributed by atoms with E-state index in [4.69, 9.17) is 4.74 Å². The standard InChI is InChI=1S/C31H25F3N2O3/c32-31(33,34)21-12-18(16-35)11-19(13-21)29(37)20-14-22-9-10-23(15-20)36(22)30(38)39-17-28-26-7-3-1-5-24(26)25-6-2-4-8-27(25)28/h1-8,11-13,20,22-23,28H,9-10,14-15,17H2. The summed E-state index contributed by atoms with van der Waals surface area (Å²) in [6.07, 6.45) is -2.93. The van der Waals surface area contributed by atoms with Gasteiger partial charge in [0.05, 0.1) is 17.2 Å². The second kappa shape index (κ2) is 9.57. The van der Waals surface area contributed by atoms with Crippen LogP contribution in [0.1, 0.15) is 64.2 Å². The van der Waals surface area contributed by atoms with Gasteiger partial charge in [0.1, 0.15) is 6.61 Å². The van der Waals surface area contributed by atoms with Gasteiger partial charge in [-0.25, -0.2) is 4.79 Å². The van der Waals surface area contributed by atoms with Crippen molar-refractivity contribution in [1.29, 1.82) is 5.26 Å². The molecule has 2 heterocycles. The molecule has 39 heavy (non-hydrogen) atoms. The highest BCUT2D eigenvalue weighted by atomic mass is 19.4. The molecule has 3 aromatic rings. The van der Waals surface area contributed by atoms with E-state index in [9.17, 15) is 28.0 Å². The van der Waals surface area contributed by atoms with Crippen LogP contribution in [0.15, 0.2) is 66.7 Å². The molecule has 2 bridgehead atoms. The van der Waals surface area contributed by atoms with Crippen molar-refractivity contribution >= 4 is 11.9 Å². The van der Waals surface area contributed by atoms with E-state index < -0.39 is 29.5 Å². The van der Waals surface area contributed by atoms with Crippen molar-refractivity contribution in [3.8, 4) is 17.2 Å². The fourth-order valence-corrected chi connectivity index (χ4v) is 6.59. The molecule has 6 rings (SSSR count). The lowest BCUT2D eigenvalue weighted by molar-refractivity contribution is -0.137. The number of ether oxygens (including phenoxy) is 1. The van der Waals surface area contributed by atoms with Crippen molar-refractivity contribution in [2.75, 3.05) is 6.61 Å². The quantitative estimate of drug-likeness (QED) is 0.342. The van der Waals surface area contributed by atoms with Crippen LogP contribution < -0.4 is 0 Å². The number of piperidine rings is 1. The van der Waals surface area contributed by atoms with Crippen LogP contribution >= 0.6 is 0 Å². The predicted molar refractivity (Wildman–Crippen MR) is 137 cm³/mol. The minimum Gasteiger partial charge on any atom is -0.448 e. The van der Waals surface area contributed by atoms with Crippen molar-refractivity contribution in [3.05, 3.63) is 94.5 Å². The summed E-state index contributed by atoms with van der Waals surface area (Å²) in [4.78, 5) is 28.3. The highest BCUT2D eigenvalue weighted by Crippen LogP contribution is 2.45. The molecule has 0 N–H and O–H groups in total. The number of ketones is 1. The third-order valence-corrected chi connectivity index (χ3v) is 8.32. The maximum Gasteiger partial charge on any atom is 0.416 e. The van der Waals surface area contributed by atoms with Gasteiger partial charge >= 0.3 is 12.3 Å². The lowest BCUT2D eigenvalue weighted by Gasteiger charge is -2.37. The van der Waals surface area contributed by atoms with Crippen LogP contribution in [0.2, 0.25) is 0 Å². The van der Waals surface area contributed by atoms with Gasteiger partial charge in [-0.05, 0) is 66.1 Å². The Morgan fingerprint density at radius 2 is 1.51 bits per heavy atom. The topological polar surface area (TPSA) is 70.4 Å². The number of hydrogen-bond acceptors (Lipinski definition) is 4. The first-order valence-electron chi connectivity index (χ1n) is 13.0. The first kappa shape index (κ1) is 25.2. The summed E-state index contributed by atoms with van der Waals surface area (Å²) in [5.41, 5.74) is 3.20. The highest BCUT2D eigenvalue weighted by molar-refractivity contribution is 5.98. The molecule has 0 spiro atoms. The molecule has 1 aliphatic carbocycles. The molecule has 0 saturated carbocycles. The summed E-state index contributed by atoms with van der Waals surface area (Å²) < 4.78 is 45.9. The van der Waals surface area contributed by atoms with E-state index in [1.807, 2.05) is 24.3 Å². The molecule has 5 nitrogen and oxygen atoms in total. The van der Waals surface area contributed by atoms with Crippen molar-refractivity contribution in [1.82, 2.24) is 4.90 Å². The minimum atomic E-state index is -4.66. The molecule has 8 heteroatoms. The van der Waals surface area contributed by atoms with Crippen LogP contribution in [0.3, 0.4) is 0 Å². The largest absolute Gasteiger partial charge is 0.448 e. The zero-order chi connectivity index (χ0) is 27.3. The van der Waals surface area contributed by atoms with Gasteiger partial charge in [0.2, 0.25) is 0 Å². The number of carbonyl (C=O) groups is 2. The van der Waals surface area contributed by atoms with Crippen molar-refractivity contribution in [3.63, 3.8) is 0 Å². The van der Waals surface area contributed by atoms with Crippen LogP contribution in [0.4, 0.5) is 18.0 Å². The van der Waals surface area contributed by atoms with Crippen molar-refractivity contribution in [2.45, 2.75) is 49.9 Å². The maximum absolute atomic E-state index is 13.3. The zero-order valence-electron chi connectivity index (χ0n) is 20.9. The lowest BCUT2D eigenvalue weighted by Crippen LogP contribution is -2.48. The maximum atomic E-state index is 13.3. The number of nitrogens with zero attached hydrogens (tertiary/aromatic N) is 2. The first-order valence-corrected chi connectivity index (χ1v) is 13.0. The SMILES string of the molecule is N#Cc1cc(C(=O)C2CC3CCC(C2)N3C(=O)OCC2c3ccccc3-c3ccccc32)cc(C(F)(F)F)c1. The monoisotopic (exact) mass is 530 g/mol. The number of fused-ring (bicyclic) bond motifs is 5. The third-order valence-electron chi connectivity index (χ3n) is 8.32. The minimum absolute atomic E-state index is 0.0617. The van der Waals surface area contributed by atoms with Gasteiger partial charge in [-0.2, -0.15) is 18.4 Å². The highest BCUT2D eigenvalue weighted by Gasteiger charge is 2.46. The molecule has 0 aromatic heterocycles. The van der Waals surface area contributed by atoms with Gasteiger partial charge in [-0.15, -0.1) is 0 Å². The van der Waals surface area contributed by atoms with Gasteiger partial charge in [0, 0.05) is 29.5 Å². The summed E-state index contributed by atoms with van der Waals surface area (Å²) >= 11 is 0. The second-order valence-corrected chi connectivity index (χ2v) is 10.5. The smallest absolute Gasteiger partial charge is 0.416 e. The average Bonchev–Trinajstić information content (AvgIpc) is 3.40. The van der Waals surface area contributed by atoms with Crippen LogP contribution in [0.25, 0.3) is 11.1 Å². The average molecular weight is 531 g/mol. The van der Waals surface area contributed by atoms with E-state index in [-0.39, 0.29) is 35.7 Å². The molecule has 2 fully saturated rings.